The van der Waals surface area contributed by atoms with Gasteiger partial charge in [0, 0.05) is 25.3 Å². The Morgan fingerprint density at radius 1 is 1.00 bits per heavy atom. The van der Waals surface area contributed by atoms with Crippen LogP contribution in [0.15, 0.2) is 53.4 Å². The van der Waals surface area contributed by atoms with Gasteiger partial charge in [-0.1, -0.05) is 24.3 Å². The van der Waals surface area contributed by atoms with Gasteiger partial charge in [0.15, 0.2) is 4.90 Å². The number of sulfonamides is 1. The van der Waals surface area contributed by atoms with Crippen LogP contribution in [-0.2, 0) is 10.0 Å². The molecule has 0 atom stereocenters. The highest BCUT2D eigenvalue weighted by molar-refractivity contribution is 7.89. The smallest absolute Gasteiger partial charge is 0.246 e. The molecule has 7 heteroatoms. The van der Waals surface area contributed by atoms with E-state index in [2.05, 4.69) is 9.62 Å². The second kappa shape index (κ2) is 8.21. The van der Waals surface area contributed by atoms with Crippen LogP contribution in [0.5, 0.6) is 0 Å². The lowest BCUT2D eigenvalue weighted by Gasteiger charge is -2.23. The van der Waals surface area contributed by atoms with Gasteiger partial charge in [-0.05, 0) is 37.6 Å². The lowest BCUT2D eigenvalue weighted by molar-refractivity contribution is 0.513. The Balaban J connectivity index is 1.94. The Labute approximate surface area is 141 Å². The Morgan fingerprint density at radius 2 is 1.62 bits per heavy atom. The number of nitrogens with zero attached hydrogens (tertiary/aromatic N) is 1. The number of hydrogen-bond acceptors (Lipinski definition) is 3. The summed E-state index contributed by atoms with van der Waals surface area (Å²) < 4.78 is 53.5. The van der Waals surface area contributed by atoms with E-state index in [9.17, 15) is 17.2 Å². The monoisotopic (exact) mass is 354 g/mol. The molecule has 0 amide bonds. The molecule has 0 heterocycles. The predicted molar refractivity (Wildman–Crippen MR) is 90.5 cm³/mol. The van der Waals surface area contributed by atoms with E-state index in [0.717, 1.165) is 30.4 Å². The Hall–Kier alpha value is -1.99. The largest absolute Gasteiger partial charge is 0.372 e. The molecule has 0 saturated carbocycles. The van der Waals surface area contributed by atoms with E-state index in [0.29, 0.717) is 13.0 Å². The zero-order chi connectivity index (χ0) is 17.6. The van der Waals surface area contributed by atoms with E-state index in [1.165, 1.54) is 0 Å². The fraction of sp³-hybridized carbons (Fsp3) is 0.294. The normalized spacial score (nSPS) is 11.5. The minimum Gasteiger partial charge on any atom is -0.372 e. The third-order valence-corrected chi connectivity index (χ3v) is 5.10. The third-order valence-electron chi connectivity index (χ3n) is 3.59. The van der Waals surface area contributed by atoms with E-state index in [-0.39, 0.29) is 6.54 Å². The summed E-state index contributed by atoms with van der Waals surface area (Å²) in [6.07, 6.45) is 0.512. The first kappa shape index (κ1) is 18.4. The summed E-state index contributed by atoms with van der Waals surface area (Å²) in [6.45, 7) is 3.51. The lowest BCUT2D eigenvalue weighted by Crippen LogP contribution is -2.30. The predicted octanol–water partition coefficient (Wildman–Crippen LogP) is 3.16. The molecular weight excluding hydrogens is 334 g/mol. The molecule has 0 fully saturated rings. The molecule has 24 heavy (non-hydrogen) atoms. The van der Waals surface area contributed by atoms with E-state index < -0.39 is 26.6 Å². The standard InChI is InChI=1S/C17H20F2N2O2S/c1-2-21(14-8-4-3-5-9-14)13-7-12-20-24(22,23)17-15(18)10-6-11-16(17)19/h3-6,8-11,20H,2,7,12-13H2,1H3. The van der Waals surface area contributed by atoms with Crippen molar-refractivity contribution in [2.24, 2.45) is 0 Å². The molecule has 0 radical (unpaired) electrons. The number of halogens is 2. The summed E-state index contributed by atoms with van der Waals surface area (Å²) in [5.74, 6) is -2.19. The fourth-order valence-corrected chi connectivity index (χ4v) is 3.60. The molecule has 0 aliphatic carbocycles. The second-order valence-electron chi connectivity index (χ2n) is 5.22. The van der Waals surface area contributed by atoms with Crippen molar-refractivity contribution in [1.29, 1.82) is 0 Å². The molecule has 4 nitrogen and oxygen atoms in total. The van der Waals surface area contributed by atoms with Gasteiger partial charge in [-0.3, -0.25) is 0 Å². The lowest BCUT2D eigenvalue weighted by atomic mass is 10.2. The Bertz CT molecular complexity index is 747. The maximum atomic E-state index is 13.6. The summed E-state index contributed by atoms with van der Waals surface area (Å²) in [4.78, 5) is 1.17. The average molecular weight is 354 g/mol. The third kappa shape index (κ3) is 4.52. The van der Waals surface area contributed by atoms with Gasteiger partial charge in [0.1, 0.15) is 11.6 Å². The van der Waals surface area contributed by atoms with Crippen molar-refractivity contribution in [1.82, 2.24) is 4.72 Å². The molecule has 0 bridgehead atoms. The van der Waals surface area contributed by atoms with Crippen LogP contribution in [0.3, 0.4) is 0 Å². The molecule has 0 unspecified atom stereocenters. The van der Waals surface area contributed by atoms with Crippen LogP contribution in [-0.4, -0.2) is 28.1 Å². The van der Waals surface area contributed by atoms with Gasteiger partial charge in [-0.25, -0.2) is 21.9 Å². The molecule has 0 aliphatic heterocycles. The maximum Gasteiger partial charge on any atom is 0.246 e. The van der Waals surface area contributed by atoms with Crippen LogP contribution >= 0.6 is 0 Å². The van der Waals surface area contributed by atoms with Gasteiger partial charge < -0.3 is 4.90 Å². The quantitative estimate of drug-likeness (QED) is 0.741. The molecule has 2 aromatic rings. The van der Waals surface area contributed by atoms with Crippen molar-refractivity contribution in [3.05, 3.63) is 60.2 Å². The number of para-hydroxylation sites is 1. The summed E-state index contributed by atoms with van der Waals surface area (Å²) in [5, 5.41) is 0. The van der Waals surface area contributed by atoms with E-state index in [1.807, 2.05) is 37.3 Å². The average Bonchev–Trinajstić information content (AvgIpc) is 2.55. The number of anilines is 1. The molecule has 2 aromatic carbocycles. The second-order valence-corrected chi connectivity index (χ2v) is 6.92. The van der Waals surface area contributed by atoms with Crippen molar-refractivity contribution in [3.8, 4) is 0 Å². The maximum absolute atomic E-state index is 13.6. The summed E-state index contributed by atoms with van der Waals surface area (Å²) in [5.41, 5.74) is 1.04. The van der Waals surface area contributed by atoms with Gasteiger partial charge in [0.05, 0.1) is 0 Å². The SMILES string of the molecule is CCN(CCCNS(=O)(=O)c1c(F)cccc1F)c1ccccc1. The van der Waals surface area contributed by atoms with Crippen molar-refractivity contribution >= 4 is 15.7 Å². The summed E-state index contributed by atoms with van der Waals surface area (Å²) >= 11 is 0. The first-order chi connectivity index (χ1) is 11.5. The summed E-state index contributed by atoms with van der Waals surface area (Å²) in [6, 6.07) is 12.7. The minimum atomic E-state index is -4.21. The van der Waals surface area contributed by atoms with Gasteiger partial charge >= 0.3 is 0 Å². The van der Waals surface area contributed by atoms with Crippen LogP contribution in [0.4, 0.5) is 14.5 Å². The number of rotatable bonds is 8. The number of hydrogen-bond donors (Lipinski definition) is 1. The van der Waals surface area contributed by atoms with Crippen LogP contribution in [0.2, 0.25) is 0 Å². The van der Waals surface area contributed by atoms with Gasteiger partial charge in [-0.15, -0.1) is 0 Å². The molecular formula is C17H20F2N2O2S. The van der Waals surface area contributed by atoms with E-state index in [1.54, 1.807) is 0 Å². The van der Waals surface area contributed by atoms with Crippen molar-refractivity contribution in [2.75, 3.05) is 24.5 Å². The zero-order valence-electron chi connectivity index (χ0n) is 13.4. The molecule has 2 rings (SSSR count). The fourth-order valence-electron chi connectivity index (χ4n) is 2.40. The molecule has 0 spiro atoms. The molecule has 130 valence electrons. The first-order valence-electron chi connectivity index (χ1n) is 7.69. The topological polar surface area (TPSA) is 49.4 Å². The first-order valence-corrected chi connectivity index (χ1v) is 9.17. The highest BCUT2D eigenvalue weighted by Gasteiger charge is 2.23. The van der Waals surface area contributed by atoms with Gasteiger partial charge in [0.2, 0.25) is 10.0 Å². The number of nitrogens with one attached hydrogen (secondary N) is 1. The van der Waals surface area contributed by atoms with Gasteiger partial charge in [0.25, 0.3) is 0 Å². The van der Waals surface area contributed by atoms with Crippen molar-refractivity contribution in [3.63, 3.8) is 0 Å². The molecule has 1 N–H and O–H groups in total. The van der Waals surface area contributed by atoms with Crippen LogP contribution < -0.4 is 9.62 Å². The van der Waals surface area contributed by atoms with Crippen LogP contribution in [0.25, 0.3) is 0 Å². The van der Waals surface area contributed by atoms with Gasteiger partial charge in [-0.2, -0.15) is 0 Å². The summed E-state index contributed by atoms with van der Waals surface area (Å²) in [7, 11) is -4.21. The molecule has 0 saturated heterocycles. The molecule has 0 aromatic heterocycles. The van der Waals surface area contributed by atoms with Crippen LogP contribution in [0, 0.1) is 11.6 Å². The van der Waals surface area contributed by atoms with Crippen molar-refractivity contribution in [2.45, 2.75) is 18.2 Å². The Kier molecular flexibility index (Phi) is 6.28. The zero-order valence-corrected chi connectivity index (χ0v) is 14.2. The Morgan fingerprint density at radius 3 is 2.21 bits per heavy atom. The van der Waals surface area contributed by atoms with E-state index >= 15 is 0 Å². The van der Waals surface area contributed by atoms with Crippen molar-refractivity contribution < 1.29 is 17.2 Å². The number of benzene rings is 2. The van der Waals surface area contributed by atoms with Crippen LogP contribution in [0.1, 0.15) is 13.3 Å². The molecule has 0 aliphatic rings. The van der Waals surface area contributed by atoms with E-state index in [4.69, 9.17) is 0 Å². The minimum absolute atomic E-state index is 0.0967. The highest BCUT2D eigenvalue weighted by atomic mass is 32.2. The highest BCUT2D eigenvalue weighted by Crippen LogP contribution is 2.18.